The van der Waals surface area contributed by atoms with Gasteiger partial charge in [0.1, 0.15) is 0 Å². The molecule has 1 heterocycles. The second kappa shape index (κ2) is 10.8. The Morgan fingerprint density at radius 1 is 0.821 bits per heavy atom. The number of dihydropyridines is 1. The van der Waals surface area contributed by atoms with E-state index in [0.717, 1.165) is 39.3 Å². The third-order valence-electron chi connectivity index (χ3n) is 7.67. The summed E-state index contributed by atoms with van der Waals surface area (Å²) in [5, 5.41) is 6.51. The van der Waals surface area contributed by atoms with Gasteiger partial charge in [0.25, 0.3) is 5.91 Å². The number of ketones is 1. The predicted molar refractivity (Wildman–Crippen MR) is 153 cm³/mol. The summed E-state index contributed by atoms with van der Waals surface area (Å²) in [5.41, 5.74) is 7.78. The molecule has 0 bridgehead atoms. The number of hydrogen-bond donors (Lipinski definition) is 2. The van der Waals surface area contributed by atoms with Crippen LogP contribution in [0.1, 0.15) is 53.9 Å². The molecule has 0 saturated heterocycles. The average molecular weight is 523 g/mol. The van der Waals surface area contributed by atoms with Crippen molar-refractivity contribution in [3.8, 4) is 11.5 Å². The van der Waals surface area contributed by atoms with Gasteiger partial charge < -0.3 is 20.1 Å². The second-order valence-corrected chi connectivity index (χ2v) is 10.4. The fourth-order valence-corrected chi connectivity index (χ4v) is 5.61. The Kier molecular flexibility index (Phi) is 7.29. The van der Waals surface area contributed by atoms with E-state index in [9.17, 15) is 9.59 Å². The number of hydrogen-bond acceptors (Lipinski definition) is 5. The van der Waals surface area contributed by atoms with E-state index >= 15 is 0 Å². The molecule has 5 rings (SSSR count). The first kappa shape index (κ1) is 26.3. The molecule has 1 amide bonds. The van der Waals surface area contributed by atoms with E-state index in [0.29, 0.717) is 35.5 Å². The Morgan fingerprint density at radius 3 is 2.08 bits per heavy atom. The predicted octanol–water partition coefficient (Wildman–Crippen LogP) is 6.32. The second-order valence-electron chi connectivity index (χ2n) is 10.4. The summed E-state index contributed by atoms with van der Waals surface area (Å²) >= 11 is 0. The van der Waals surface area contributed by atoms with Crippen LogP contribution in [0.5, 0.6) is 11.5 Å². The lowest BCUT2D eigenvalue weighted by atomic mass is 9.71. The van der Waals surface area contributed by atoms with Crippen LogP contribution in [0.3, 0.4) is 0 Å². The SMILES string of the molecule is COc1ccc([C@@H]2CC(=O)C3=C(C2)NC(C)=C(C(=O)Nc2ccc(C)cc2)[C@@H]3c2ccc(C)cc2)cc1OC. The van der Waals surface area contributed by atoms with Gasteiger partial charge in [0.15, 0.2) is 17.3 Å². The van der Waals surface area contributed by atoms with E-state index < -0.39 is 5.92 Å². The normalized spacial score (nSPS) is 18.8. The minimum absolute atomic E-state index is 0.0158. The zero-order valence-corrected chi connectivity index (χ0v) is 23.1. The largest absolute Gasteiger partial charge is 0.493 e. The number of carbonyl (C=O) groups is 2. The van der Waals surface area contributed by atoms with E-state index in [1.807, 2.05) is 87.5 Å². The minimum Gasteiger partial charge on any atom is -0.493 e. The first-order valence-electron chi connectivity index (χ1n) is 13.2. The molecule has 0 spiro atoms. The number of methoxy groups -OCH3 is 2. The van der Waals surface area contributed by atoms with E-state index in [1.165, 1.54) is 0 Å². The van der Waals surface area contributed by atoms with Crippen molar-refractivity contribution in [3.63, 3.8) is 0 Å². The van der Waals surface area contributed by atoms with Crippen LogP contribution in [0, 0.1) is 13.8 Å². The summed E-state index contributed by atoms with van der Waals surface area (Å²) in [6.07, 6.45) is 1.01. The summed E-state index contributed by atoms with van der Waals surface area (Å²) in [5.74, 6) is 0.658. The highest BCUT2D eigenvalue weighted by molar-refractivity contribution is 6.10. The van der Waals surface area contributed by atoms with Gasteiger partial charge in [-0.05, 0) is 68.5 Å². The van der Waals surface area contributed by atoms with Gasteiger partial charge in [0, 0.05) is 40.6 Å². The van der Waals surface area contributed by atoms with Crippen molar-refractivity contribution in [2.75, 3.05) is 19.5 Å². The van der Waals surface area contributed by atoms with E-state index in [1.54, 1.807) is 14.2 Å². The zero-order chi connectivity index (χ0) is 27.7. The van der Waals surface area contributed by atoms with Crippen molar-refractivity contribution in [1.82, 2.24) is 5.32 Å². The quantitative estimate of drug-likeness (QED) is 0.396. The summed E-state index contributed by atoms with van der Waals surface area (Å²) in [6.45, 7) is 5.96. The molecule has 2 aliphatic rings. The topological polar surface area (TPSA) is 76.7 Å². The highest BCUT2D eigenvalue weighted by Gasteiger charge is 2.41. The number of ether oxygens (including phenoxy) is 2. The summed E-state index contributed by atoms with van der Waals surface area (Å²) in [4.78, 5) is 27.6. The van der Waals surface area contributed by atoms with Crippen molar-refractivity contribution in [3.05, 3.63) is 112 Å². The zero-order valence-electron chi connectivity index (χ0n) is 23.1. The molecule has 0 saturated carbocycles. The summed E-state index contributed by atoms with van der Waals surface area (Å²) < 4.78 is 10.9. The number of Topliss-reactive ketones (excluding diaryl/α,β-unsaturated/α-hetero) is 1. The van der Waals surface area contributed by atoms with Gasteiger partial charge in [-0.15, -0.1) is 0 Å². The van der Waals surface area contributed by atoms with Crippen LogP contribution in [0.2, 0.25) is 0 Å². The molecule has 2 atom stereocenters. The summed E-state index contributed by atoms with van der Waals surface area (Å²) in [7, 11) is 3.22. The summed E-state index contributed by atoms with van der Waals surface area (Å²) in [6, 6.07) is 21.6. The molecule has 1 aliphatic heterocycles. The van der Waals surface area contributed by atoms with Gasteiger partial charge in [-0.2, -0.15) is 0 Å². The van der Waals surface area contributed by atoms with E-state index in [2.05, 4.69) is 10.6 Å². The van der Waals surface area contributed by atoms with Gasteiger partial charge in [-0.1, -0.05) is 53.6 Å². The van der Waals surface area contributed by atoms with Crippen molar-refractivity contribution in [2.24, 2.45) is 0 Å². The van der Waals surface area contributed by atoms with E-state index in [-0.39, 0.29) is 17.6 Å². The lowest BCUT2D eigenvalue weighted by Gasteiger charge is -2.37. The third kappa shape index (κ3) is 5.19. The molecule has 0 fully saturated rings. The van der Waals surface area contributed by atoms with Gasteiger partial charge in [0.05, 0.1) is 14.2 Å². The highest BCUT2D eigenvalue weighted by atomic mass is 16.5. The van der Waals surface area contributed by atoms with Crippen LogP contribution >= 0.6 is 0 Å². The molecule has 0 unspecified atom stereocenters. The average Bonchev–Trinajstić information content (AvgIpc) is 2.93. The Labute approximate surface area is 229 Å². The molecule has 39 heavy (non-hydrogen) atoms. The van der Waals surface area contributed by atoms with Crippen molar-refractivity contribution >= 4 is 17.4 Å². The Hall–Kier alpha value is -4.32. The van der Waals surface area contributed by atoms with E-state index in [4.69, 9.17) is 9.47 Å². The molecule has 6 nitrogen and oxygen atoms in total. The smallest absolute Gasteiger partial charge is 0.254 e. The highest BCUT2D eigenvalue weighted by Crippen LogP contribution is 2.46. The molecule has 3 aromatic carbocycles. The fourth-order valence-electron chi connectivity index (χ4n) is 5.61. The molecule has 0 radical (unpaired) electrons. The molecular formula is C33H34N2O4. The molecule has 1 aliphatic carbocycles. The maximum Gasteiger partial charge on any atom is 0.254 e. The molecule has 2 N–H and O–H groups in total. The Balaban J connectivity index is 1.53. The number of anilines is 1. The van der Waals surface area contributed by atoms with Crippen molar-refractivity contribution < 1.29 is 19.1 Å². The number of amides is 1. The molecule has 200 valence electrons. The van der Waals surface area contributed by atoms with Crippen LogP contribution in [0.25, 0.3) is 0 Å². The Morgan fingerprint density at radius 2 is 1.44 bits per heavy atom. The van der Waals surface area contributed by atoms with Crippen LogP contribution in [-0.2, 0) is 9.59 Å². The number of rotatable bonds is 6. The van der Waals surface area contributed by atoms with Gasteiger partial charge in [-0.3, -0.25) is 9.59 Å². The van der Waals surface area contributed by atoms with Gasteiger partial charge >= 0.3 is 0 Å². The van der Waals surface area contributed by atoms with Crippen LogP contribution in [0.15, 0.2) is 89.3 Å². The molecule has 0 aromatic heterocycles. The Bertz CT molecular complexity index is 1480. The minimum atomic E-state index is -0.453. The lowest BCUT2D eigenvalue weighted by Crippen LogP contribution is -2.37. The van der Waals surface area contributed by atoms with Crippen LogP contribution < -0.4 is 20.1 Å². The number of carbonyl (C=O) groups excluding carboxylic acids is 2. The monoisotopic (exact) mass is 522 g/mol. The van der Waals surface area contributed by atoms with Gasteiger partial charge in [0.2, 0.25) is 0 Å². The number of allylic oxidation sites excluding steroid dienone is 3. The molecular weight excluding hydrogens is 488 g/mol. The van der Waals surface area contributed by atoms with Crippen LogP contribution in [-0.4, -0.2) is 25.9 Å². The maximum atomic E-state index is 13.9. The molecule has 3 aromatic rings. The number of nitrogens with one attached hydrogen (secondary N) is 2. The first-order chi connectivity index (χ1) is 18.8. The fraction of sp³-hybridized carbons (Fsp3) is 0.273. The standard InChI is InChI=1S/C33H34N2O4/c1-19-6-10-22(11-7-19)31-30(33(37)35-25-13-8-20(2)9-14-25)21(3)34-26-16-24(17-27(36)32(26)31)23-12-15-28(38-4)29(18-23)39-5/h6-15,18,24,31,34H,16-17H2,1-5H3,(H,35,37)/t24-,31-/m0/s1. The third-order valence-corrected chi connectivity index (χ3v) is 7.67. The number of benzene rings is 3. The van der Waals surface area contributed by atoms with Crippen molar-refractivity contribution in [1.29, 1.82) is 0 Å². The van der Waals surface area contributed by atoms with Gasteiger partial charge in [-0.25, -0.2) is 0 Å². The maximum absolute atomic E-state index is 13.9. The molecule has 6 heteroatoms. The van der Waals surface area contributed by atoms with Crippen molar-refractivity contribution in [2.45, 2.75) is 45.4 Å². The lowest BCUT2D eigenvalue weighted by molar-refractivity contribution is -0.116. The van der Waals surface area contributed by atoms with Crippen LogP contribution in [0.4, 0.5) is 5.69 Å². The first-order valence-corrected chi connectivity index (χ1v) is 13.2. The number of aryl methyl sites for hydroxylation is 2.